The summed E-state index contributed by atoms with van der Waals surface area (Å²) < 4.78 is 0. The molecule has 1 aliphatic heterocycles. The quantitative estimate of drug-likeness (QED) is 0.753. The molecule has 1 N–H and O–H groups in total. The SMILES string of the molecule is CC(=O)c1cccc(NC(=O)[C@@H](C)N2CCN(Cc3cccc(Cl)c3)CC2)c1. The first kappa shape index (κ1) is 20.5. The molecule has 0 radical (unpaired) electrons. The number of amides is 1. The van der Waals surface area contributed by atoms with Crippen molar-refractivity contribution in [1.29, 1.82) is 0 Å². The molecule has 28 heavy (non-hydrogen) atoms. The van der Waals surface area contributed by atoms with Crippen molar-refractivity contribution in [3.05, 3.63) is 64.7 Å². The van der Waals surface area contributed by atoms with Gasteiger partial charge in [0.15, 0.2) is 5.78 Å². The number of Topliss-reactive ketones (excluding diaryl/α,β-unsaturated/α-hetero) is 1. The molecule has 2 aromatic carbocycles. The number of benzene rings is 2. The molecular formula is C22H26ClN3O2. The average molecular weight is 400 g/mol. The maximum Gasteiger partial charge on any atom is 0.241 e. The van der Waals surface area contributed by atoms with Crippen LogP contribution in [-0.4, -0.2) is 53.7 Å². The molecule has 0 saturated carbocycles. The fourth-order valence-electron chi connectivity index (χ4n) is 3.43. The first-order chi connectivity index (χ1) is 13.4. The highest BCUT2D eigenvalue weighted by Gasteiger charge is 2.25. The van der Waals surface area contributed by atoms with Crippen LogP contribution in [0.25, 0.3) is 0 Å². The van der Waals surface area contributed by atoms with Gasteiger partial charge in [-0.3, -0.25) is 19.4 Å². The van der Waals surface area contributed by atoms with Crippen molar-refractivity contribution in [3.8, 4) is 0 Å². The summed E-state index contributed by atoms with van der Waals surface area (Å²) in [4.78, 5) is 28.7. The van der Waals surface area contributed by atoms with Gasteiger partial charge in [-0.2, -0.15) is 0 Å². The zero-order chi connectivity index (χ0) is 20.1. The minimum absolute atomic E-state index is 0.0139. The van der Waals surface area contributed by atoms with Crippen molar-refractivity contribution in [2.75, 3.05) is 31.5 Å². The molecule has 3 rings (SSSR count). The summed E-state index contributed by atoms with van der Waals surface area (Å²) in [6, 6.07) is 14.8. The van der Waals surface area contributed by atoms with Gasteiger partial charge in [0.05, 0.1) is 6.04 Å². The van der Waals surface area contributed by atoms with Crippen LogP contribution in [0.15, 0.2) is 48.5 Å². The van der Waals surface area contributed by atoms with Crippen LogP contribution < -0.4 is 5.32 Å². The minimum atomic E-state index is -0.227. The first-order valence-corrected chi connectivity index (χ1v) is 9.93. The molecule has 0 spiro atoms. The number of hydrogen-bond donors (Lipinski definition) is 1. The molecule has 1 aliphatic rings. The first-order valence-electron chi connectivity index (χ1n) is 9.55. The van der Waals surface area contributed by atoms with E-state index in [2.05, 4.69) is 21.2 Å². The average Bonchev–Trinajstić information content (AvgIpc) is 2.68. The molecule has 0 unspecified atom stereocenters. The predicted octanol–water partition coefficient (Wildman–Crippen LogP) is 3.69. The van der Waals surface area contributed by atoms with E-state index in [1.807, 2.05) is 25.1 Å². The summed E-state index contributed by atoms with van der Waals surface area (Å²) in [6.45, 7) is 7.80. The van der Waals surface area contributed by atoms with E-state index in [4.69, 9.17) is 11.6 Å². The highest BCUT2D eigenvalue weighted by molar-refractivity contribution is 6.30. The number of nitrogens with zero attached hydrogens (tertiary/aromatic N) is 2. The lowest BCUT2D eigenvalue weighted by Gasteiger charge is -2.37. The Kier molecular flexibility index (Phi) is 6.83. The zero-order valence-corrected chi connectivity index (χ0v) is 17.1. The van der Waals surface area contributed by atoms with Crippen molar-refractivity contribution in [1.82, 2.24) is 9.80 Å². The number of carbonyl (C=O) groups is 2. The van der Waals surface area contributed by atoms with E-state index in [9.17, 15) is 9.59 Å². The van der Waals surface area contributed by atoms with Gasteiger partial charge in [0.25, 0.3) is 0 Å². The van der Waals surface area contributed by atoms with Gasteiger partial charge in [0, 0.05) is 49.0 Å². The van der Waals surface area contributed by atoms with E-state index < -0.39 is 0 Å². The Hall–Kier alpha value is -2.21. The van der Waals surface area contributed by atoms with Crippen LogP contribution in [0, 0.1) is 0 Å². The van der Waals surface area contributed by atoms with E-state index in [1.165, 1.54) is 12.5 Å². The molecule has 148 valence electrons. The topological polar surface area (TPSA) is 52.7 Å². The third-order valence-corrected chi connectivity index (χ3v) is 5.40. The van der Waals surface area contributed by atoms with E-state index in [-0.39, 0.29) is 17.7 Å². The van der Waals surface area contributed by atoms with Crippen LogP contribution in [0.1, 0.15) is 29.8 Å². The molecule has 1 heterocycles. The number of carbonyl (C=O) groups excluding carboxylic acids is 2. The molecule has 2 aromatic rings. The molecule has 0 aromatic heterocycles. The summed E-state index contributed by atoms with van der Waals surface area (Å²) in [5, 5.41) is 3.69. The Labute approximate surface area is 171 Å². The number of piperazine rings is 1. The van der Waals surface area contributed by atoms with E-state index in [0.29, 0.717) is 11.3 Å². The molecule has 1 atom stereocenters. The second-order valence-corrected chi connectivity index (χ2v) is 7.68. The van der Waals surface area contributed by atoms with Gasteiger partial charge in [0.2, 0.25) is 5.91 Å². The van der Waals surface area contributed by atoms with Gasteiger partial charge < -0.3 is 5.32 Å². The van der Waals surface area contributed by atoms with Crippen LogP contribution in [-0.2, 0) is 11.3 Å². The lowest BCUT2D eigenvalue weighted by molar-refractivity contribution is -0.121. The number of hydrogen-bond acceptors (Lipinski definition) is 4. The standard InChI is InChI=1S/C22H26ClN3O2/c1-16(22(28)24-21-8-4-6-19(14-21)17(2)27)26-11-9-25(10-12-26)15-18-5-3-7-20(23)13-18/h3-8,13-14,16H,9-12,15H2,1-2H3,(H,24,28)/t16-/m1/s1. The number of halogens is 1. The monoisotopic (exact) mass is 399 g/mol. The third kappa shape index (κ3) is 5.41. The molecule has 1 saturated heterocycles. The van der Waals surface area contributed by atoms with E-state index in [1.54, 1.807) is 24.3 Å². The van der Waals surface area contributed by atoms with Crippen LogP contribution in [0.2, 0.25) is 5.02 Å². The molecule has 1 fully saturated rings. The van der Waals surface area contributed by atoms with Crippen LogP contribution >= 0.6 is 11.6 Å². The lowest BCUT2D eigenvalue weighted by atomic mass is 10.1. The Morgan fingerprint density at radius 1 is 1.07 bits per heavy atom. The summed E-state index contributed by atoms with van der Waals surface area (Å²) in [5.74, 6) is -0.0658. The minimum Gasteiger partial charge on any atom is -0.325 e. The second kappa shape index (κ2) is 9.32. The highest BCUT2D eigenvalue weighted by atomic mass is 35.5. The van der Waals surface area contributed by atoms with Crippen LogP contribution in [0.3, 0.4) is 0 Å². The van der Waals surface area contributed by atoms with Crippen molar-refractivity contribution >= 4 is 29.0 Å². The highest BCUT2D eigenvalue weighted by Crippen LogP contribution is 2.16. The summed E-state index contributed by atoms with van der Waals surface area (Å²) in [6.07, 6.45) is 0. The molecular weight excluding hydrogens is 374 g/mol. The smallest absolute Gasteiger partial charge is 0.241 e. The van der Waals surface area contributed by atoms with Gasteiger partial charge >= 0.3 is 0 Å². The molecule has 5 nitrogen and oxygen atoms in total. The largest absolute Gasteiger partial charge is 0.325 e. The van der Waals surface area contributed by atoms with E-state index >= 15 is 0 Å². The number of ketones is 1. The van der Waals surface area contributed by atoms with Gasteiger partial charge in [-0.05, 0) is 43.7 Å². The Morgan fingerprint density at radius 2 is 1.79 bits per heavy atom. The maximum atomic E-state index is 12.6. The van der Waals surface area contributed by atoms with E-state index in [0.717, 1.165) is 37.7 Å². The van der Waals surface area contributed by atoms with Crippen LogP contribution in [0.4, 0.5) is 5.69 Å². The Morgan fingerprint density at radius 3 is 2.46 bits per heavy atom. The normalized spacial score (nSPS) is 16.5. The van der Waals surface area contributed by atoms with Crippen molar-refractivity contribution in [2.24, 2.45) is 0 Å². The molecule has 1 amide bonds. The fourth-order valence-corrected chi connectivity index (χ4v) is 3.64. The van der Waals surface area contributed by atoms with Gasteiger partial charge in [0.1, 0.15) is 0 Å². The Bertz CT molecular complexity index is 847. The maximum absolute atomic E-state index is 12.6. The number of anilines is 1. The van der Waals surface area contributed by atoms with Crippen molar-refractivity contribution < 1.29 is 9.59 Å². The predicted molar refractivity (Wildman–Crippen MR) is 113 cm³/mol. The fraction of sp³-hybridized carbons (Fsp3) is 0.364. The third-order valence-electron chi connectivity index (χ3n) is 5.17. The molecule has 6 heteroatoms. The van der Waals surface area contributed by atoms with Crippen LogP contribution in [0.5, 0.6) is 0 Å². The summed E-state index contributed by atoms with van der Waals surface area (Å²) in [7, 11) is 0. The van der Waals surface area contributed by atoms with Gasteiger partial charge in [-0.15, -0.1) is 0 Å². The molecule has 0 aliphatic carbocycles. The molecule has 0 bridgehead atoms. The summed E-state index contributed by atoms with van der Waals surface area (Å²) in [5.41, 5.74) is 2.46. The van der Waals surface area contributed by atoms with Crippen molar-refractivity contribution in [3.63, 3.8) is 0 Å². The lowest BCUT2D eigenvalue weighted by Crippen LogP contribution is -2.52. The van der Waals surface area contributed by atoms with Crippen molar-refractivity contribution in [2.45, 2.75) is 26.4 Å². The second-order valence-electron chi connectivity index (χ2n) is 7.24. The Balaban J connectivity index is 1.51. The summed E-state index contributed by atoms with van der Waals surface area (Å²) >= 11 is 6.07. The number of rotatable bonds is 6. The van der Waals surface area contributed by atoms with Gasteiger partial charge in [-0.1, -0.05) is 35.9 Å². The zero-order valence-electron chi connectivity index (χ0n) is 16.3. The van der Waals surface area contributed by atoms with Gasteiger partial charge in [-0.25, -0.2) is 0 Å². The number of nitrogens with one attached hydrogen (secondary N) is 1.